The first-order valence-corrected chi connectivity index (χ1v) is 40.1. The molecule has 0 spiro atoms. The van der Waals surface area contributed by atoms with Crippen LogP contribution in [0.3, 0.4) is 0 Å². The number of carbonyl (C=O) groups is 2. The number of nitrogens with zero attached hydrogens (tertiary/aromatic N) is 1. The molecule has 0 heterocycles. The second-order valence-corrected chi connectivity index (χ2v) is 28.4. The summed E-state index contributed by atoms with van der Waals surface area (Å²) in [5.41, 5.74) is 0. The van der Waals surface area contributed by atoms with Crippen molar-refractivity contribution in [2.24, 2.45) is 0 Å². The third-order valence-corrected chi connectivity index (χ3v) is 17.8. The molecular weight excluding hydrogens is 1160 g/mol. The van der Waals surface area contributed by atoms with Crippen LogP contribution in [0.15, 0.2) is 109 Å². The monoisotopic (exact) mass is 1300 g/mol. The van der Waals surface area contributed by atoms with E-state index in [2.05, 4.69) is 123 Å². The number of carbonyl (C=O) groups excluding carboxylic acids is 2. The largest absolute Gasteiger partial charge is 0.756 e. The molecule has 0 aromatic carbocycles. The Morgan fingerprint density at radius 3 is 0.870 bits per heavy atom. The van der Waals surface area contributed by atoms with Crippen molar-refractivity contribution in [3.63, 3.8) is 0 Å². The van der Waals surface area contributed by atoms with E-state index in [1.165, 1.54) is 218 Å². The third kappa shape index (κ3) is 75.7. The van der Waals surface area contributed by atoms with Gasteiger partial charge in [0.15, 0.2) is 6.10 Å². The fraction of sp³-hybridized carbons (Fsp3) is 0.756. The average molecular weight is 1310 g/mol. The molecule has 0 aliphatic heterocycles. The van der Waals surface area contributed by atoms with E-state index < -0.39 is 26.5 Å². The first kappa shape index (κ1) is 88.7. The highest BCUT2D eigenvalue weighted by Crippen LogP contribution is 2.38. The highest BCUT2D eigenvalue weighted by Gasteiger charge is 2.22. The molecule has 0 aromatic rings. The number of allylic oxidation sites excluding steroid dienone is 18. The van der Waals surface area contributed by atoms with E-state index in [9.17, 15) is 19.0 Å². The lowest BCUT2D eigenvalue weighted by atomic mass is 10.0. The number of ether oxygens (including phenoxy) is 2. The molecule has 0 rings (SSSR count). The molecule has 2 atom stereocenters. The molecule has 10 heteroatoms. The number of hydrogen-bond acceptors (Lipinski definition) is 8. The van der Waals surface area contributed by atoms with Gasteiger partial charge in [-0.15, -0.1) is 0 Å². The summed E-state index contributed by atoms with van der Waals surface area (Å²) < 4.78 is 34.4. The molecule has 0 amide bonds. The maximum absolute atomic E-state index is 12.9. The Morgan fingerprint density at radius 2 is 0.587 bits per heavy atom. The van der Waals surface area contributed by atoms with E-state index in [0.29, 0.717) is 17.4 Å². The molecule has 9 nitrogen and oxygen atoms in total. The lowest BCUT2D eigenvalue weighted by Crippen LogP contribution is -2.37. The van der Waals surface area contributed by atoms with Crippen LogP contribution in [-0.2, 0) is 32.7 Å². The molecule has 0 aliphatic rings. The normalized spacial score (nSPS) is 13.7. The predicted molar refractivity (Wildman–Crippen MR) is 397 cm³/mol. The van der Waals surface area contributed by atoms with E-state index in [0.717, 1.165) is 96.3 Å². The van der Waals surface area contributed by atoms with Gasteiger partial charge in [-0.05, 0) is 96.3 Å². The SMILES string of the molecule is CC/C=C\C/C=C\C/C=C\C/C=C\C/C=C\CCCCCCCCCCCCCCCCCC(=O)OC(COC(=O)CCCCCCCCCCCCCCCCCCCCCCCCCC/C=C\C/C=C\C/C=C\C/C=C\CC)COP(=O)([O-])OCC[N+](C)(C)C. The predicted octanol–water partition coefficient (Wildman–Crippen LogP) is 25.0. The quantitative estimate of drug-likeness (QED) is 0.0195. The molecule has 92 heavy (non-hydrogen) atoms. The Labute approximate surface area is 569 Å². The van der Waals surface area contributed by atoms with Gasteiger partial charge >= 0.3 is 11.9 Å². The second kappa shape index (κ2) is 72.0. The van der Waals surface area contributed by atoms with Crippen LogP contribution < -0.4 is 4.89 Å². The Hall–Kier alpha value is -3.33. The van der Waals surface area contributed by atoms with Gasteiger partial charge in [0.1, 0.15) is 19.8 Å². The molecule has 0 saturated carbocycles. The van der Waals surface area contributed by atoms with Gasteiger partial charge < -0.3 is 27.9 Å². The summed E-state index contributed by atoms with van der Waals surface area (Å²) in [5, 5.41) is 0. The average Bonchev–Trinajstić information content (AvgIpc) is 2.14. The smallest absolute Gasteiger partial charge is 0.306 e. The molecule has 2 unspecified atom stereocenters. The van der Waals surface area contributed by atoms with Gasteiger partial charge in [-0.25, -0.2) is 0 Å². The van der Waals surface area contributed by atoms with Gasteiger partial charge in [0, 0.05) is 12.8 Å². The van der Waals surface area contributed by atoms with E-state index in [4.69, 9.17) is 18.5 Å². The first-order chi connectivity index (χ1) is 45.0. The fourth-order valence-electron chi connectivity index (χ4n) is 11.0. The molecule has 0 aliphatic carbocycles. The van der Waals surface area contributed by atoms with Crippen molar-refractivity contribution >= 4 is 19.8 Å². The molecular formula is C82H146NO8P. The van der Waals surface area contributed by atoms with Crippen molar-refractivity contribution in [2.45, 2.75) is 354 Å². The van der Waals surface area contributed by atoms with Crippen molar-refractivity contribution in [3.05, 3.63) is 109 Å². The highest BCUT2D eigenvalue weighted by atomic mass is 31.2. The van der Waals surface area contributed by atoms with Crippen LogP contribution in [0, 0.1) is 0 Å². The summed E-state index contributed by atoms with van der Waals surface area (Å²) >= 11 is 0. The van der Waals surface area contributed by atoms with Crippen LogP contribution in [0.25, 0.3) is 0 Å². The van der Waals surface area contributed by atoms with Crippen LogP contribution in [0.2, 0.25) is 0 Å². The maximum Gasteiger partial charge on any atom is 0.306 e. The zero-order chi connectivity index (χ0) is 66.9. The minimum atomic E-state index is -4.65. The van der Waals surface area contributed by atoms with Crippen molar-refractivity contribution in [1.82, 2.24) is 0 Å². The second-order valence-electron chi connectivity index (χ2n) is 27.0. The summed E-state index contributed by atoms with van der Waals surface area (Å²) in [6.07, 6.45) is 102. The molecule has 532 valence electrons. The molecule has 0 saturated heterocycles. The van der Waals surface area contributed by atoms with Crippen molar-refractivity contribution in [2.75, 3.05) is 47.5 Å². The van der Waals surface area contributed by atoms with Gasteiger partial charge in [0.05, 0.1) is 27.7 Å². The lowest BCUT2D eigenvalue weighted by Gasteiger charge is -2.28. The van der Waals surface area contributed by atoms with Crippen LogP contribution in [0.4, 0.5) is 0 Å². The van der Waals surface area contributed by atoms with Crippen LogP contribution in [0.5, 0.6) is 0 Å². The molecule has 0 radical (unpaired) electrons. The maximum atomic E-state index is 12.9. The van der Waals surface area contributed by atoms with Gasteiger partial charge in [-0.3, -0.25) is 14.2 Å². The van der Waals surface area contributed by atoms with E-state index in [1.807, 2.05) is 21.1 Å². The Balaban J connectivity index is 3.95. The number of unbranched alkanes of at least 4 members (excludes halogenated alkanes) is 39. The van der Waals surface area contributed by atoms with Crippen molar-refractivity contribution in [1.29, 1.82) is 0 Å². The molecule has 0 N–H and O–H groups in total. The fourth-order valence-corrected chi connectivity index (χ4v) is 11.7. The molecule has 0 aromatic heterocycles. The molecule has 0 bridgehead atoms. The van der Waals surface area contributed by atoms with E-state index in [1.54, 1.807) is 0 Å². The summed E-state index contributed by atoms with van der Waals surface area (Å²) in [4.78, 5) is 38.2. The van der Waals surface area contributed by atoms with E-state index >= 15 is 0 Å². The number of phosphoric ester groups is 1. The third-order valence-electron chi connectivity index (χ3n) is 16.8. The Morgan fingerprint density at radius 1 is 0.337 bits per heavy atom. The number of phosphoric acid groups is 1. The minimum absolute atomic E-state index is 0.0320. The zero-order valence-corrected chi connectivity index (χ0v) is 61.6. The Kier molecular flexibility index (Phi) is 69.3. The van der Waals surface area contributed by atoms with Crippen LogP contribution >= 0.6 is 7.82 Å². The van der Waals surface area contributed by atoms with Crippen molar-refractivity contribution < 1.29 is 42.1 Å². The Bertz CT molecular complexity index is 1920. The number of likely N-dealkylation sites (N-methyl/N-ethyl adjacent to an activating group) is 1. The summed E-state index contributed by atoms with van der Waals surface area (Å²) in [7, 11) is 1.17. The summed E-state index contributed by atoms with van der Waals surface area (Å²) in [5.74, 6) is -0.820. The first-order valence-electron chi connectivity index (χ1n) is 38.6. The zero-order valence-electron chi connectivity index (χ0n) is 60.7. The van der Waals surface area contributed by atoms with Crippen molar-refractivity contribution in [3.8, 4) is 0 Å². The number of rotatable bonds is 71. The summed E-state index contributed by atoms with van der Waals surface area (Å²) in [6.45, 7) is 4.06. The lowest BCUT2D eigenvalue weighted by molar-refractivity contribution is -0.870. The van der Waals surface area contributed by atoms with Crippen LogP contribution in [-0.4, -0.2) is 70.0 Å². The van der Waals surface area contributed by atoms with Gasteiger partial charge in [0.25, 0.3) is 7.82 Å². The van der Waals surface area contributed by atoms with Crippen LogP contribution in [0.1, 0.15) is 348 Å². The van der Waals surface area contributed by atoms with Gasteiger partial charge in [-0.1, -0.05) is 348 Å². The van der Waals surface area contributed by atoms with Gasteiger partial charge in [-0.2, -0.15) is 0 Å². The topological polar surface area (TPSA) is 111 Å². The molecule has 0 fully saturated rings. The number of esters is 2. The standard InChI is InChI=1S/C82H146NO8P/c1-6-8-10-12-14-16-18-20-22-24-26-28-30-32-34-36-38-39-40-41-42-43-45-46-48-50-52-54-56-58-60-62-64-66-68-70-72-74-81(84)88-78-80(79-90-92(86,87)89-77-76-83(3,4)5)91-82(85)75-73-71-69-67-65-63-61-59-57-55-53-51-49-47-44-37-35-33-31-29-27-25-23-21-19-17-15-13-11-9-7-2/h8-11,14-17,20-23,26-29,33,35,80H,6-7,12-13,18-19,24-25,30-32,34,36-79H2,1-5H3/b10-8-,11-9-,16-14-,17-15-,22-20-,23-21-,28-26-,29-27-,35-33-. The van der Waals surface area contributed by atoms with E-state index in [-0.39, 0.29) is 32.0 Å². The minimum Gasteiger partial charge on any atom is -0.756 e. The number of hydrogen-bond donors (Lipinski definition) is 0. The number of quaternary nitrogens is 1. The summed E-state index contributed by atoms with van der Waals surface area (Å²) in [6, 6.07) is 0. The van der Waals surface area contributed by atoms with Gasteiger partial charge in [0.2, 0.25) is 0 Å². The highest BCUT2D eigenvalue weighted by molar-refractivity contribution is 7.45.